The van der Waals surface area contributed by atoms with Gasteiger partial charge in [0, 0.05) is 19.0 Å². The van der Waals surface area contributed by atoms with Crippen LogP contribution in [0.2, 0.25) is 0 Å². The van der Waals surface area contributed by atoms with Crippen LogP contribution in [0.1, 0.15) is 44.2 Å². The summed E-state index contributed by atoms with van der Waals surface area (Å²) in [7, 11) is 0. The van der Waals surface area contributed by atoms with Crippen molar-refractivity contribution < 1.29 is 24.2 Å². The minimum atomic E-state index is -0.894. The third kappa shape index (κ3) is 4.79. The van der Waals surface area contributed by atoms with Crippen molar-refractivity contribution in [2.75, 3.05) is 19.7 Å². The molecule has 0 radical (unpaired) electrons. The van der Waals surface area contributed by atoms with Gasteiger partial charge in [-0.3, -0.25) is 9.59 Å². The van der Waals surface area contributed by atoms with Crippen LogP contribution in [0.25, 0.3) is 11.1 Å². The Morgan fingerprint density at radius 2 is 1.62 bits per heavy atom. The number of nitrogens with one attached hydrogen (secondary N) is 1. The van der Waals surface area contributed by atoms with Crippen LogP contribution in [-0.2, 0) is 14.3 Å². The van der Waals surface area contributed by atoms with Gasteiger partial charge in [0.1, 0.15) is 12.6 Å². The van der Waals surface area contributed by atoms with E-state index in [0.717, 1.165) is 22.3 Å². The lowest BCUT2D eigenvalue weighted by Gasteiger charge is -2.37. The second kappa shape index (κ2) is 9.87. The zero-order chi connectivity index (χ0) is 24.4. The molecule has 1 aliphatic heterocycles. The summed E-state index contributed by atoms with van der Waals surface area (Å²) in [5.41, 5.74) is 4.54. The second-order valence-electron chi connectivity index (χ2n) is 9.81. The van der Waals surface area contributed by atoms with E-state index >= 15 is 0 Å². The average molecular weight is 465 g/mol. The highest BCUT2D eigenvalue weighted by molar-refractivity contribution is 5.86. The molecule has 7 heteroatoms. The maximum Gasteiger partial charge on any atom is 0.407 e. The highest BCUT2D eigenvalue weighted by Crippen LogP contribution is 2.44. The van der Waals surface area contributed by atoms with Gasteiger partial charge in [0.15, 0.2) is 0 Å². The first-order valence-corrected chi connectivity index (χ1v) is 11.9. The van der Waals surface area contributed by atoms with E-state index in [1.165, 1.54) is 0 Å². The first kappa shape index (κ1) is 23.8. The number of ether oxygens (including phenoxy) is 1. The minimum absolute atomic E-state index is 0.0642. The predicted octanol–water partition coefficient (Wildman–Crippen LogP) is 4.12. The van der Waals surface area contributed by atoms with Crippen LogP contribution in [0.15, 0.2) is 48.5 Å². The highest BCUT2D eigenvalue weighted by Gasteiger charge is 2.36. The normalized spacial score (nSPS) is 20.4. The average Bonchev–Trinajstić information content (AvgIpc) is 3.14. The van der Waals surface area contributed by atoms with E-state index < -0.39 is 24.0 Å². The summed E-state index contributed by atoms with van der Waals surface area (Å²) in [6.45, 7) is 6.47. The number of rotatable bonds is 6. The molecule has 1 heterocycles. The first-order valence-electron chi connectivity index (χ1n) is 11.9. The number of hydrogen-bond donors (Lipinski definition) is 2. The summed E-state index contributed by atoms with van der Waals surface area (Å²) in [5, 5.41) is 12.2. The Kier molecular flexibility index (Phi) is 6.91. The Labute approximate surface area is 200 Å². The molecule has 1 fully saturated rings. The number of carboxylic acids is 1. The van der Waals surface area contributed by atoms with Gasteiger partial charge in [-0.1, -0.05) is 69.3 Å². The minimum Gasteiger partial charge on any atom is -0.481 e. The van der Waals surface area contributed by atoms with Gasteiger partial charge in [-0.05, 0) is 40.5 Å². The molecule has 1 saturated heterocycles. The van der Waals surface area contributed by atoms with Gasteiger partial charge in [-0.2, -0.15) is 0 Å². The predicted molar refractivity (Wildman–Crippen MR) is 128 cm³/mol. The third-order valence-electron chi connectivity index (χ3n) is 6.87. The van der Waals surface area contributed by atoms with Crippen molar-refractivity contribution in [1.82, 2.24) is 10.2 Å². The lowest BCUT2D eigenvalue weighted by atomic mass is 9.89. The molecule has 2 amide bonds. The fourth-order valence-corrected chi connectivity index (χ4v) is 5.19. The zero-order valence-electron chi connectivity index (χ0n) is 19.9. The number of carbonyl (C=O) groups excluding carboxylic acids is 2. The molecule has 2 aromatic carbocycles. The molecule has 3 atom stereocenters. The van der Waals surface area contributed by atoms with Crippen molar-refractivity contribution in [2.24, 2.45) is 17.8 Å². The van der Waals surface area contributed by atoms with Crippen LogP contribution in [0.5, 0.6) is 0 Å². The SMILES string of the molecule is CC1CC(C(=O)O)CN(C(=O)C(NC(=O)OCC2c3ccccc3-c3ccccc32)C(C)C)C1. The highest BCUT2D eigenvalue weighted by atomic mass is 16.5. The van der Waals surface area contributed by atoms with Crippen LogP contribution in [0.4, 0.5) is 4.79 Å². The van der Waals surface area contributed by atoms with E-state index in [2.05, 4.69) is 29.6 Å². The second-order valence-corrected chi connectivity index (χ2v) is 9.81. The summed E-state index contributed by atoms with van der Waals surface area (Å²) in [4.78, 5) is 39.1. The number of alkyl carbamates (subject to hydrolysis) is 1. The van der Waals surface area contributed by atoms with Crippen LogP contribution in [-0.4, -0.2) is 53.7 Å². The lowest BCUT2D eigenvalue weighted by Crippen LogP contribution is -2.55. The summed E-state index contributed by atoms with van der Waals surface area (Å²) in [6.07, 6.45) is -0.0978. The number of carboxylic acid groups (broad SMARTS) is 1. The van der Waals surface area contributed by atoms with Crippen molar-refractivity contribution in [3.8, 4) is 11.1 Å². The monoisotopic (exact) mass is 464 g/mol. The quantitative estimate of drug-likeness (QED) is 0.671. The van der Waals surface area contributed by atoms with Crippen molar-refractivity contribution >= 4 is 18.0 Å². The number of carbonyl (C=O) groups is 3. The Hall–Kier alpha value is -3.35. The van der Waals surface area contributed by atoms with E-state index in [-0.39, 0.29) is 36.8 Å². The molecule has 0 bridgehead atoms. The molecule has 7 nitrogen and oxygen atoms in total. The number of likely N-dealkylation sites (tertiary alicyclic amines) is 1. The molecule has 0 spiro atoms. The smallest absolute Gasteiger partial charge is 0.407 e. The fourth-order valence-electron chi connectivity index (χ4n) is 5.19. The number of amides is 2. The Morgan fingerprint density at radius 3 is 2.18 bits per heavy atom. The molecule has 2 aliphatic rings. The van der Waals surface area contributed by atoms with Crippen LogP contribution in [0, 0.1) is 17.8 Å². The molecule has 3 unspecified atom stereocenters. The molecule has 34 heavy (non-hydrogen) atoms. The summed E-state index contributed by atoms with van der Waals surface area (Å²) >= 11 is 0. The van der Waals surface area contributed by atoms with E-state index in [1.807, 2.05) is 45.0 Å². The van der Waals surface area contributed by atoms with Crippen LogP contribution < -0.4 is 5.32 Å². The summed E-state index contributed by atoms with van der Waals surface area (Å²) in [6, 6.07) is 15.4. The Morgan fingerprint density at radius 1 is 1.03 bits per heavy atom. The molecule has 2 N–H and O–H groups in total. The lowest BCUT2D eigenvalue weighted by molar-refractivity contribution is -0.147. The number of piperidine rings is 1. The topological polar surface area (TPSA) is 95.9 Å². The van der Waals surface area contributed by atoms with Gasteiger partial charge in [0.05, 0.1) is 5.92 Å². The molecule has 180 valence electrons. The summed E-state index contributed by atoms with van der Waals surface area (Å²) < 4.78 is 5.62. The molecule has 0 saturated carbocycles. The van der Waals surface area contributed by atoms with Gasteiger partial charge >= 0.3 is 12.1 Å². The largest absolute Gasteiger partial charge is 0.481 e. The molecular formula is C27H32N2O5. The standard InChI is InChI=1S/C27H32N2O5/c1-16(2)24(25(30)29-13-17(3)12-18(14-29)26(31)32)28-27(33)34-15-23-21-10-6-4-8-19(21)20-9-5-7-11-22(20)23/h4-11,16-18,23-24H,12-15H2,1-3H3,(H,28,33)(H,31,32). The van der Waals surface area contributed by atoms with E-state index in [4.69, 9.17) is 4.74 Å². The molecule has 0 aromatic heterocycles. The maximum absolute atomic E-state index is 13.2. The molecular weight excluding hydrogens is 432 g/mol. The maximum atomic E-state index is 13.2. The molecule has 4 rings (SSSR count). The van der Waals surface area contributed by atoms with Crippen molar-refractivity contribution in [1.29, 1.82) is 0 Å². The number of aliphatic carboxylic acids is 1. The van der Waals surface area contributed by atoms with E-state index in [1.54, 1.807) is 4.90 Å². The van der Waals surface area contributed by atoms with Crippen LogP contribution >= 0.6 is 0 Å². The number of fused-ring (bicyclic) bond motifs is 3. The van der Waals surface area contributed by atoms with E-state index in [0.29, 0.717) is 13.0 Å². The van der Waals surface area contributed by atoms with Crippen molar-refractivity contribution in [2.45, 2.75) is 39.2 Å². The van der Waals surface area contributed by atoms with Crippen LogP contribution in [0.3, 0.4) is 0 Å². The van der Waals surface area contributed by atoms with Crippen molar-refractivity contribution in [3.05, 3.63) is 59.7 Å². The van der Waals surface area contributed by atoms with E-state index in [9.17, 15) is 19.5 Å². The van der Waals surface area contributed by atoms with Gasteiger partial charge in [-0.15, -0.1) is 0 Å². The van der Waals surface area contributed by atoms with Gasteiger partial charge < -0.3 is 20.1 Å². The number of hydrogen-bond acceptors (Lipinski definition) is 4. The van der Waals surface area contributed by atoms with Gasteiger partial charge in [0.2, 0.25) is 5.91 Å². The summed E-state index contributed by atoms with van der Waals surface area (Å²) in [5.74, 6) is -1.90. The molecule has 1 aliphatic carbocycles. The third-order valence-corrected chi connectivity index (χ3v) is 6.87. The molecule has 2 aromatic rings. The number of nitrogens with zero attached hydrogens (tertiary/aromatic N) is 1. The van der Waals surface area contributed by atoms with Crippen molar-refractivity contribution in [3.63, 3.8) is 0 Å². The van der Waals surface area contributed by atoms with Gasteiger partial charge in [0.25, 0.3) is 0 Å². The number of benzene rings is 2. The fraction of sp³-hybridized carbons (Fsp3) is 0.444. The van der Waals surface area contributed by atoms with Gasteiger partial charge in [-0.25, -0.2) is 4.79 Å². The first-order chi connectivity index (χ1) is 16.3. The Balaban J connectivity index is 1.42. The Bertz CT molecular complexity index is 1040. The zero-order valence-corrected chi connectivity index (χ0v) is 19.9.